The van der Waals surface area contributed by atoms with E-state index < -0.39 is 29.0 Å². The molecule has 0 aliphatic carbocycles. The Balaban J connectivity index is 2.84. The van der Waals surface area contributed by atoms with Crippen molar-refractivity contribution in [2.75, 3.05) is 11.9 Å². The van der Waals surface area contributed by atoms with Crippen molar-refractivity contribution < 1.29 is 22.8 Å². The molecule has 0 heterocycles. The average Bonchev–Trinajstić information content (AvgIpc) is 2.43. The fourth-order valence-electron chi connectivity index (χ4n) is 1.68. The predicted molar refractivity (Wildman–Crippen MR) is 81.7 cm³/mol. The van der Waals surface area contributed by atoms with Gasteiger partial charge in [-0.15, -0.1) is 0 Å². The molecule has 7 heteroatoms. The number of alkyl halides is 3. The van der Waals surface area contributed by atoms with Crippen LogP contribution in [0.25, 0.3) is 0 Å². The van der Waals surface area contributed by atoms with Gasteiger partial charge in [0, 0.05) is 12.2 Å². The first-order valence-electron chi connectivity index (χ1n) is 7.21. The van der Waals surface area contributed by atoms with Gasteiger partial charge in [0.05, 0.1) is 5.56 Å². The summed E-state index contributed by atoms with van der Waals surface area (Å²) in [7, 11) is 0. The number of rotatable bonds is 5. The quantitative estimate of drug-likeness (QED) is 0.813. The topological polar surface area (TPSA) is 58.2 Å². The van der Waals surface area contributed by atoms with E-state index in [-0.39, 0.29) is 11.6 Å². The molecule has 4 nitrogen and oxygen atoms in total. The highest BCUT2D eigenvalue weighted by molar-refractivity contribution is 6.09. The Bertz CT molecular complexity index is 581. The number of nitrogens with one attached hydrogen (secondary N) is 2. The van der Waals surface area contributed by atoms with Crippen LogP contribution in [-0.4, -0.2) is 18.4 Å². The van der Waals surface area contributed by atoms with E-state index >= 15 is 0 Å². The minimum absolute atomic E-state index is 0.00504. The third-order valence-electron chi connectivity index (χ3n) is 3.25. The van der Waals surface area contributed by atoms with Crippen molar-refractivity contribution in [2.45, 2.75) is 33.9 Å². The molecule has 0 fully saturated rings. The number of hydrogen-bond donors (Lipinski definition) is 2. The molecule has 0 bridgehead atoms. The molecule has 1 aromatic rings. The Morgan fingerprint density at radius 2 is 1.74 bits per heavy atom. The largest absolute Gasteiger partial charge is 0.416 e. The summed E-state index contributed by atoms with van der Waals surface area (Å²) in [4.78, 5) is 24.3. The van der Waals surface area contributed by atoms with Gasteiger partial charge >= 0.3 is 6.18 Å². The van der Waals surface area contributed by atoms with Gasteiger partial charge in [-0.1, -0.05) is 19.9 Å². The minimum Gasteiger partial charge on any atom is -0.355 e. The van der Waals surface area contributed by atoms with Gasteiger partial charge in [0.25, 0.3) is 0 Å². The number of halogens is 3. The molecule has 2 amide bonds. The van der Waals surface area contributed by atoms with E-state index in [1.165, 1.54) is 26.0 Å². The maximum Gasteiger partial charge on any atom is 0.416 e. The molecular weight excluding hydrogens is 309 g/mol. The van der Waals surface area contributed by atoms with Crippen LogP contribution in [0.4, 0.5) is 18.9 Å². The zero-order valence-electron chi connectivity index (χ0n) is 13.5. The maximum atomic E-state index is 12.7. The summed E-state index contributed by atoms with van der Waals surface area (Å²) in [5.41, 5.74) is -2.27. The van der Waals surface area contributed by atoms with Crippen LogP contribution in [0, 0.1) is 11.3 Å². The molecule has 0 aromatic heterocycles. The third kappa shape index (κ3) is 5.26. The van der Waals surface area contributed by atoms with Gasteiger partial charge in [0.15, 0.2) is 0 Å². The van der Waals surface area contributed by atoms with E-state index in [9.17, 15) is 22.8 Å². The summed E-state index contributed by atoms with van der Waals surface area (Å²) in [5, 5.41) is 5.01. The lowest BCUT2D eigenvalue weighted by molar-refractivity contribution is -0.139. The summed E-state index contributed by atoms with van der Waals surface area (Å²) in [6, 6.07) is 4.29. The molecule has 0 spiro atoms. The van der Waals surface area contributed by atoms with Crippen LogP contribution >= 0.6 is 0 Å². The van der Waals surface area contributed by atoms with Gasteiger partial charge < -0.3 is 10.6 Å². The zero-order chi connectivity index (χ0) is 17.8. The van der Waals surface area contributed by atoms with Crippen LogP contribution in [0.3, 0.4) is 0 Å². The zero-order valence-corrected chi connectivity index (χ0v) is 13.5. The van der Waals surface area contributed by atoms with E-state index in [4.69, 9.17) is 0 Å². The second kappa shape index (κ2) is 7.02. The first-order valence-corrected chi connectivity index (χ1v) is 7.21. The van der Waals surface area contributed by atoms with Gasteiger partial charge in [-0.3, -0.25) is 9.59 Å². The summed E-state index contributed by atoms with van der Waals surface area (Å²) in [5.74, 6) is -0.921. The van der Waals surface area contributed by atoms with Crippen LogP contribution in [0.1, 0.15) is 33.3 Å². The van der Waals surface area contributed by atoms with Crippen molar-refractivity contribution in [3.8, 4) is 0 Å². The van der Waals surface area contributed by atoms with Gasteiger partial charge in [-0.2, -0.15) is 13.2 Å². The average molecular weight is 330 g/mol. The summed E-state index contributed by atoms with van der Waals surface area (Å²) < 4.78 is 38.0. The molecule has 0 saturated carbocycles. The fraction of sp³-hybridized carbons (Fsp3) is 0.500. The first kappa shape index (κ1) is 19.0. The Hall–Kier alpha value is -2.05. The molecule has 0 aliphatic heterocycles. The Kier molecular flexibility index (Phi) is 5.80. The van der Waals surface area contributed by atoms with Crippen LogP contribution in [0.15, 0.2) is 24.3 Å². The summed E-state index contributed by atoms with van der Waals surface area (Å²) >= 11 is 0. The number of hydrogen-bond acceptors (Lipinski definition) is 2. The second-order valence-corrected chi connectivity index (χ2v) is 6.26. The summed E-state index contributed by atoms with van der Waals surface area (Å²) in [6.07, 6.45) is -4.50. The Morgan fingerprint density at radius 1 is 1.13 bits per heavy atom. The summed E-state index contributed by atoms with van der Waals surface area (Å²) in [6.45, 7) is 7.09. The van der Waals surface area contributed by atoms with Gasteiger partial charge in [0.1, 0.15) is 5.41 Å². The Labute approximate surface area is 133 Å². The number of benzene rings is 1. The van der Waals surface area contributed by atoms with Crippen molar-refractivity contribution in [3.05, 3.63) is 29.8 Å². The molecule has 23 heavy (non-hydrogen) atoms. The lowest BCUT2D eigenvalue weighted by Crippen LogP contribution is -2.46. The second-order valence-electron chi connectivity index (χ2n) is 6.26. The molecule has 1 aromatic carbocycles. The molecule has 0 atom stereocenters. The standard InChI is InChI=1S/C16H21F3N2O2/c1-10(2)9-20-13(22)15(3,4)14(23)21-12-7-5-6-11(8-12)16(17,18)19/h5-8,10H,9H2,1-4H3,(H,20,22)(H,21,23). The fourth-order valence-corrected chi connectivity index (χ4v) is 1.68. The van der Waals surface area contributed by atoms with Crippen molar-refractivity contribution in [1.82, 2.24) is 5.32 Å². The van der Waals surface area contributed by atoms with Gasteiger partial charge in [-0.05, 0) is 38.0 Å². The van der Waals surface area contributed by atoms with E-state index in [1.807, 2.05) is 13.8 Å². The molecule has 128 valence electrons. The number of carbonyl (C=O) groups excluding carboxylic acids is 2. The van der Waals surface area contributed by atoms with Crippen molar-refractivity contribution in [1.29, 1.82) is 0 Å². The van der Waals surface area contributed by atoms with Crippen LogP contribution in [0.5, 0.6) is 0 Å². The van der Waals surface area contributed by atoms with Crippen LogP contribution in [0.2, 0.25) is 0 Å². The first-order chi connectivity index (χ1) is 10.4. The molecule has 0 unspecified atom stereocenters. The maximum absolute atomic E-state index is 12.7. The van der Waals surface area contributed by atoms with E-state index in [2.05, 4.69) is 10.6 Å². The SMILES string of the molecule is CC(C)CNC(=O)C(C)(C)C(=O)Nc1cccc(C(F)(F)F)c1. The number of amides is 2. The molecular formula is C16H21F3N2O2. The molecule has 1 rings (SSSR count). The molecule has 0 radical (unpaired) electrons. The lowest BCUT2D eigenvalue weighted by atomic mass is 9.90. The normalized spacial score (nSPS) is 12.2. The molecule has 0 aliphatic rings. The van der Waals surface area contributed by atoms with Crippen molar-refractivity contribution >= 4 is 17.5 Å². The number of carbonyl (C=O) groups is 2. The van der Waals surface area contributed by atoms with E-state index in [0.29, 0.717) is 6.54 Å². The van der Waals surface area contributed by atoms with Crippen LogP contribution < -0.4 is 10.6 Å². The highest BCUT2D eigenvalue weighted by Gasteiger charge is 2.36. The molecule has 0 saturated heterocycles. The highest BCUT2D eigenvalue weighted by atomic mass is 19.4. The van der Waals surface area contributed by atoms with E-state index in [0.717, 1.165) is 12.1 Å². The lowest BCUT2D eigenvalue weighted by Gasteiger charge is -2.23. The highest BCUT2D eigenvalue weighted by Crippen LogP contribution is 2.31. The number of anilines is 1. The minimum atomic E-state index is -4.50. The third-order valence-corrected chi connectivity index (χ3v) is 3.25. The predicted octanol–water partition coefficient (Wildman–Crippen LogP) is 3.44. The van der Waals surface area contributed by atoms with E-state index in [1.54, 1.807) is 0 Å². The monoisotopic (exact) mass is 330 g/mol. The van der Waals surface area contributed by atoms with Crippen LogP contribution in [-0.2, 0) is 15.8 Å². The van der Waals surface area contributed by atoms with Gasteiger partial charge in [-0.25, -0.2) is 0 Å². The van der Waals surface area contributed by atoms with Gasteiger partial charge in [0.2, 0.25) is 11.8 Å². The molecule has 2 N–H and O–H groups in total. The Morgan fingerprint density at radius 3 is 2.26 bits per heavy atom. The van der Waals surface area contributed by atoms with Crippen molar-refractivity contribution in [2.24, 2.45) is 11.3 Å². The smallest absolute Gasteiger partial charge is 0.355 e. The van der Waals surface area contributed by atoms with Crippen molar-refractivity contribution in [3.63, 3.8) is 0 Å².